The second-order valence-electron chi connectivity index (χ2n) is 5.33. The van der Waals surface area contributed by atoms with Crippen molar-refractivity contribution in [2.45, 2.75) is 37.8 Å². The summed E-state index contributed by atoms with van der Waals surface area (Å²) in [5, 5.41) is 10.3. The molecule has 0 saturated heterocycles. The maximum absolute atomic E-state index is 11.5. The highest BCUT2D eigenvalue weighted by molar-refractivity contribution is 5.94. The van der Waals surface area contributed by atoms with Crippen LogP contribution in [0, 0.1) is 0 Å². The van der Waals surface area contributed by atoms with E-state index < -0.39 is 5.60 Å². The SMILES string of the molecule is CN(Cc1occc1C(=O)NN)CC1(O)CCCC1. The summed E-state index contributed by atoms with van der Waals surface area (Å²) >= 11 is 0. The number of carbonyl (C=O) groups is 1. The number of carbonyl (C=O) groups excluding carboxylic acids is 1. The molecule has 1 aliphatic rings. The molecule has 0 radical (unpaired) electrons. The molecule has 0 atom stereocenters. The van der Waals surface area contributed by atoms with Crippen LogP contribution in [0.4, 0.5) is 0 Å². The fourth-order valence-corrected chi connectivity index (χ4v) is 2.74. The first-order valence-corrected chi connectivity index (χ1v) is 6.52. The van der Waals surface area contributed by atoms with E-state index >= 15 is 0 Å². The first kappa shape index (κ1) is 14.0. The van der Waals surface area contributed by atoms with Gasteiger partial charge in [0.1, 0.15) is 5.76 Å². The number of furan rings is 1. The number of nitrogen functional groups attached to an aromatic ring is 1. The molecule has 0 aliphatic heterocycles. The molecule has 0 bridgehead atoms. The van der Waals surface area contributed by atoms with E-state index in [1.165, 1.54) is 6.26 Å². The van der Waals surface area contributed by atoms with Gasteiger partial charge in [0.25, 0.3) is 5.91 Å². The van der Waals surface area contributed by atoms with Crippen LogP contribution in [0.2, 0.25) is 0 Å². The molecule has 6 heteroatoms. The van der Waals surface area contributed by atoms with E-state index in [9.17, 15) is 9.90 Å². The maximum atomic E-state index is 11.5. The molecule has 0 unspecified atom stereocenters. The van der Waals surface area contributed by atoms with Crippen LogP contribution in [-0.2, 0) is 6.54 Å². The Hall–Kier alpha value is -1.37. The van der Waals surface area contributed by atoms with Crippen molar-refractivity contribution in [3.05, 3.63) is 23.7 Å². The summed E-state index contributed by atoms with van der Waals surface area (Å²) < 4.78 is 5.32. The van der Waals surface area contributed by atoms with E-state index in [1.54, 1.807) is 6.07 Å². The van der Waals surface area contributed by atoms with Gasteiger partial charge in [-0.1, -0.05) is 12.8 Å². The first-order valence-electron chi connectivity index (χ1n) is 6.52. The molecule has 0 spiro atoms. The van der Waals surface area contributed by atoms with E-state index in [0.717, 1.165) is 25.7 Å². The minimum Gasteiger partial charge on any atom is -0.467 e. The van der Waals surface area contributed by atoms with Crippen molar-refractivity contribution in [2.75, 3.05) is 13.6 Å². The van der Waals surface area contributed by atoms with Gasteiger partial charge in [-0.25, -0.2) is 5.84 Å². The van der Waals surface area contributed by atoms with Crippen molar-refractivity contribution >= 4 is 5.91 Å². The lowest BCUT2D eigenvalue weighted by Gasteiger charge is -2.28. The van der Waals surface area contributed by atoms with Crippen molar-refractivity contribution in [2.24, 2.45) is 5.84 Å². The van der Waals surface area contributed by atoms with Crippen molar-refractivity contribution < 1.29 is 14.3 Å². The summed E-state index contributed by atoms with van der Waals surface area (Å²) in [6.45, 7) is 1.05. The number of likely N-dealkylation sites (N-methyl/N-ethyl adjacent to an activating group) is 1. The second-order valence-corrected chi connectivity index (χ2v) is 5.33. The molecule has 1 heterocycles. The van der Waals surface area contributed by atoms with Crippen molar-refractivity contribution in [1.82, 2.24) is 10.3 Å². The second kappa shape index (κ2) is 5.73. The monoisotopic (exact) mass is 267 g/mol. The van der Waals surface area contributed by atoms with E-state index in [2.05, 4.69) is 5.43 Å². The average molecular weight is 267 g/mol. The predicted octanol–water partition coefficient (Wildman–Crippen LogP) is 0.620. The van der Waals surface area contributed by atoms with Gasteiger partial charge in [0.2, 0.25) is 0 Å². The Kier molecular flexibility index (Phi) is 4.24. The van der Waals surface area contributed by atoms with Crippen molar-refractivity contribution in [3.8, 4) is 0 Å². The number of amides is 1. The van der Waals surface area contributed by atoms with E-state index in [0.29, 0.717) is 24.4 Å². The van der Waals surface area contributed by atoms with Gasteiger partial charge in [0.15, 0.2) is 0 Å². The molecule has 4 N–H and O–H groups in total. The molecule has 106 valence electrons. The third kappa shape index (κ3) is 3.34. The summed E-state index contributed by atoms with van der Waals surface area (Å²) in [7, 11) is 1.91. The van der Waals surface area contributed by atoms with Crippen molar-refractivity contribution in [3.63, 3.8) is 0 Å². The zero-order chi connectivity index (χ0) is 13.9. The van der Waals surface area contributed by atoms with Crippen LogP contribution in [-0.4, -0.2) is 35.1 Å². The number of hydrazine groups is 1. The van der Waals surface area contributed by atoms with Crippen LogP contribution in [0.15, 0.2) is 16.7 Å². The van der Waals surface area contributed by atoms with Crippen LogP contribution in [0.3, 0.4) is 0 Å². The van der Waals surface area contributed by atoms with Crippen LogP contribution < -0.4 is 11.3 Å². The fourth-order valence-electron chi connectivity index (χ4n) is 2.74. The van der Waals surface area contributed by atoms with Crippen molar-refractivity contribution in [1.29, 1.82) is 0 Å². The highest BCUT2D eigenvalue weighted by atomic mass is 16.3. The van der Waals surface area contributed by atoms with E-state index in [-0.39, 0.29) is 5.91 Å². The third-order valence-electron chi connectivity index (χ3n) is 3.63. The topological polar surface area (TPSA) is 91.7 Å². The Labute approximate surface area is 112 Å². The van der Waals surface area contributed by atoms with Crippen LogP contribution in [0.5, 0.6) is 0 Å². The Morgan fingerprint density at radius 3 is 2.89 bits per heavy atom. The molecular weight excluding hydrogens is 246 g/mol. The van der Waals surface area contributed by atoms with E-state index in [4.69, 9.17) is 10.3 Å². The summed E-state index contributed by atoms with van der Waals surface area (Å²) in [4.78, 5) is 13.5. The number of aliphatic hydroxyl groups is 1. The number of nitrogens with two attached hydrogens (primary N) is 1. The highest BCUT2D eigenvalue weighted by Gasteiger charge is 2.32. The van der Waals surface area contributed by atoms with Crippen LogP contribution >= 0.6 is 0 Å². The zero-order valence-electron chi connectivity index (χ0n) is 11.2. The van der Waals surface area contributed by atoms with Crippen LogP contribution in [0.1, 0.15) is 41.8 Å². The van der Waals surface area contributed by atoms with Crippen LogP contribution in [0.25, 0.3) is 0 Å². The number of nitrogens with zero attached hydrogens (tertiary/aromatic N) is 1. The summed E-state index contributed by atoms with van der Waals surface area (Å²) in [6.07, 6.45) is 5.30. The molecule has 1 saturated carbocycles. The fraction of sp³-hybridized carbons (Fsp3) is 0.615. The summed E-state index contributed by atoms with van der Waals surface area (Å²) in [5.74, 6) is 5.32. The highest BCUT2D eigenvalue weighted by Crippen LogP contribution is 2.30. The maximum Gasteiger partial charge on any atom is 0.268 e. The minimum absolute atomic E-state index is 0.364. The van der Waals surface area contributed by atoms with Gasteiger partial charge >= 0.3 is 0 Å². The molecule has 6 nitrogen and oxygen atoms in total. The van der Waals surface area contributed by atoms with Gasteiger partial charge < -0.3 is 9.52 Å². The summed E-state index contributed by atoms with van der Waals surface area (Å²) in [5.41, 5.74) is 1.93. The Morgan fingerprint density at radius 1 is 1.58 bits per heavy atom. The van der Waals surface area contributed by atoms with Gasteiger partial charge in [-0.05, 0) is 26.0 Å². The van der Waals surface area contributed by atoms with E-state index in [1.807, 2.05) is 11.9 Å². The molecule has 2 rings (SSSR count). The largest absolute Gasteiger partial charge is 0.467 e. The molecular formula is C13H21N3O3. The molecule has 1 aliphatic carbocycles. The Balaban J connectivity index is 1.97. The van der Waals surface area contributed by atoms with Gasteiger partial charge in [-0.3, -0.25) is 15.1 Å². The van der Waals surface area contributed by atoms with Gasteiger partial charge in [0.05, 0.1) is 24.0 Å². The number of rotatable bonds is 5. The quantitative estimate of drug-likeness (QED) is 0.413. The molecule has 1 aromatic rings. The number of hydrogen-bond donors (Lipinski definition) is 3. The number of hydrogen-bond acceptors (Lipinski definition) is 5. The smallest absolute Gasteiger partial charge is 0.268 e. The lowest BCUT2D eigenvalue weighted by molar-refractivity contribution is 0.0131. The predicted molar refractivity (Wildman–Crippen MR) is 70.1 cm³/mol. The van der Waals surface area contributed by atoms with Gasteiger partial charge in [0, 0.05) is 6.54 Å². The minimum atomic E-state index is -0.600. The lowest BCUT2D eigenvalue weighted by atomic mass is 10.0. The molecule has 0 aromatic carbocycles. The molecule has 1 fully saturated rings. The molecule has 1 aromatic heterocycles. The first-order chi connectivity index (χ1) is 9.04. The van der Waals surface area contributed by atoms with Gasteiger partial charge in [-0.15, -0.1) is 0 Å². The summed E-state index contributed by atoms with van der Waals surface area (Å²) in [6, 6.07) is 1.59. The van der Waals surface area contributed by atoms with Gasteiger partial charge in [-0.2, -0.15) is 0 Å². The lowest BCUT2D eigenvalue weighted by Crippen LogP contribution is -2.39. The number of nitrogens with one attached hydrogen (secondary N) is 1. The normalized spacial score (nSPS) is 17.9. The zero-order valence-corrected chi connectivity index (χ0v) is 11.2. The molecule has 1 amide bonds. The standard InChI is InChI=1S/C13H21N3O3/c1-16(9-13(18)5-2-3-6-13)8-11-10(4-7-19-11)12(17)15-14/h4,7,18H,2-3,5-6,8-9,14H2,1H3,(H,15,17). The Bertz CT molecular complexity index is 438. The third-order valence-corrected chi connectivity index (χ3v) is 3.63. The average Bonchev–Trinajstić information content (AvgIpc) is 2.97. The Morgan fingerprint density at radius 2 is 2.26 bits per heavy atom. The molecule has 19 heavy (non-hydrogen) atoms.